The van der Waals surface area contributed by atoms with Crippen LogP contribution in [-0.2, 0) is 0 Å². The third kappa shape index (κ3) is 4.26. The molecule has 2 amide bonds. The average Bonchev–Trinajstić information content (AvgIpc) is 3.15. The van der Waals surface area contributed by atoms with Gasteiger partial charge in [-0.1, -0.05) is 18.2 Å². The Morgan fingerprint density at radius 2 is 1.74 bits per heavy atom. The van der Waals surface area contributed by atoms with E-state index in [1.165, 1.54) is 4.90 Å². The summed E-state index contributed by atoms with van der Waals surface area (Å²) in [5.74, 6) is 0.852. The van der Waals surface area contributed by atoms with Crippen LogP contribution in [0.1, 0.15) is 27.1 Å². The Kier molecular flexibility index (Phi) is 6.01. The molecule has 5 rings (SSSR count). The number of anilines is 2. The van der Waals surface area contributed by atoms with Gasteiger partial charge in [-0.15, -0.1) is 0 Å². The van der Waals surface area contributed by atoms with E-state index < -0.39 is 0 Å². The van der Waals surface area contributed by atoms with Gasteiger partial charge in [0.05, 0.1) is 23.9 Å². The number of carbonyl (C=O) groups is 2. The second kappa shape index (κ2) is 9.42. The summed E-state index contributed by atoms with van der Waals surface area (Å²) in [5.41, 5.74) is 3.62. The third-order valence-corrected chi connectivity index (χ3v) is 6.09. The Labute approximate surface area is 203 Å². The van der Waals surface area contributed by atoms with Crippen LogP contribution in [0.15, 0.2) is 66.9 Å². The summed E-state index contributed by atoms with van der Waals surface area (Å²) in [6.45, 7) is 0.923. The normalized spacial score (nSPS) is 12.7. The van der Waals surface area contributed by atoms with Crippen LogP contribution in [0.5, 0.6) is 5.75 Å². The first-order valence-corrected chi connectivity index (χ1v) is 11.4. The minimum Gasteiger partial charge on any atom is -0.497 e. The minimum atomic E-state index is -0.230. The number of nitrogens with zero attached hydrogens (tertiary/aromatic N) is 3. The molecule has 176 valence electrons. The van der Waals surface area contributed by atoms with Crippen LogP contribution in [-0.4, -0.2) is 53.9 Å². The van der Waals surface area contributed by atoms with Crippen molar-refractivity contribution < 1.29 is 14.3 Å². The van der Waals surface area contributed by atoms with Gasteiger partial charge in [0.15, 0.2) is 0 Å². The van der Waals surface area contributed by atoms with Crippen molar-refractivity contribution in [3.8, 4) is 17.0 Å². The molecule has 8 nitrogen and oxygen atoms in total. The molecule has 0 aliphatic carbocycles. The van der Waals surface area contributed by atoms with Crippen molar-refractivity contribution in [3.05, 3.63) is 78.0 Å². The van der Waals surface area contributed by atoms with E-state index >= 15 is 0 Å². The lowest BCUT2D eigenvalue weighted by atomic mass is 10.0. The molecule has 4 aromatic rings. The summed E-state index contributed by atoms with van der Waals surface area (Å²) < 4.78 is 5.43. The molecule has 0 fully saturated rings. The lowest BCUT2D eigenvalue weighted by Crippen LogP contribution is -2.31. The minimum absolute atomic E-state index is 0.230. The molecule has 8 heteroatoms. The van der Waals surface area contributed by atoms with E-state index in [0.717, 1.165) is 33.5 Å². The third-order valence-electron chi connectivity index (χ3n) is 6.09. The standard InChI is InChI=1S/C27H25N5O3/c1-28-27-30-12-10-23(31-27)18-14-17-8-9-19(35-2)16-22(17)24(15-18)29-11-5-13-32-25(33)20-6-3-4-7-21(20)26(32)34/h3-4,6-10,12,14-16,29H,5,11,13H2,1-2H3,(H,28,30,31). The van der Waals surface area contributed by atoms with Gasteiger partial charge in [-0.25, -0.2) is 9.97 Å². The van der Waals surface area contributed by atoms with Crippen molar-refractivity contribution in [1.29, 1.82) is 0 Å². The van der Waals surface area contributed by atoms with E-state index in [1.54, 1.807) is 44.6 Å². The number of amides is 2. The molecule has 0 atom stereocenters. The van der Waals surface area contributed by atoms with Crippen LogP contribution in [0.4, 0.5) is 11.6 Å². The Morgan fingerprint density at radius 3 is 2.46 bits per heavy atom. The van der Waals surface area contributed by atoms with Gasteiger partial charge >= 0.3 is 0 Å². The van der Waals surface area contributed by atoms with Crippen molar-refractivity contribution in [3.63, 3.8) is 0 Å². The number of aromatic nitrogens is 2. The molecule has 0 unspecified atom stereocenters. The molecule has 0 radical (unpaired) electrons. The Bertz CT molecular complexity index is 1400. The summed E-state index contributed by atoms with van der Waals surface area (Å²) in [6, 6.07) is 18.9. The molecular weight excluding hydrogens is 442 g/mol. The van der Waals surface area contributed by atoms with Crippen molar-refractivity contribution in [2.75, 3.05) is 37.9 Å². The fourth-order valence-corrected chi connectivity index (χ4v) is 4.30. The molecule has 3 aromatic carbocycles. The van der Waals surface area contributed by atoms with Gasteiger partial charge in [0, 0.05) is 43.0 Å². The predicted molar refractivity (Wildman–Crippen MR) is 136 cm³/mol. The van der Waals surface area contributed by atoms with Crippen molar-refractivity contribution in [2.45, 2.75) is 6.42 Å². The SMILES string of the molecule is CNc1nccc(-c2cc(NCCCN3C(=O)c4ccccc4C3=O)c3cc(OC)ccc3c2)n1. The molecule has 1 aliphatic rings. The molecule has 1 aliphatic heterocycles. The number of imide groups is 1. The van der Waals surface area contributed by atoms with Crippen LogP contribution < -0.4 is 15.4 Å². The Balaban J connectivity index is 1.37. The van der Waals surface area contributed by atoms with Gasteiger partial charge in [0.25, 0.3) is 11.8 Å². The zero-order valence-corrected chi connectivity index (χ0v) is 19.5. The number of nitrogens with one attached hydrogen (secondary N) is 2. The average molecular weight is 468 g/mol. The summed E-state index contributed by atoms with van der Waals surface area (Å²) in [6.07, 6.45) is 2.33. The summed E-state index contributed by atoms with van der Waals surface area (Å²) in [5, 5.41) is 8.51. The Morgan fingerprint density at radius 1 is 0.971 bits per heavy atom. The number of benzene rings is 3. The lowest BCUT2D eigenvalue weighted by Gasteiger charge is -2.16. The van der Waals surface area contributed by atoms with Gasteiger partial charge in [-0.3, -0.25) is 14.5 Å². The van der Waals surface area contributed by atoms with Crippen molar-refractivity contribution >= 4 is 34.2 Å². The second-order valence-corrected chi connectivity index (χ2v) is 8.21. The van der Waals surface area contributed by atoms with Gasteiger partial charge < -0.3 is 15.4 Å². The van der Waals surface area contributed by atoms with E-state index in [9.17, 15) is 9.59 Å². The summed E-state index contributed by atoms with van der Waals surface area (Å²) >= 11 is 0. The highest BCUT2D eigenvalue weighted by molar-refractivity contribution is 6.21. The first kappa shape index (κ1) is 22.3. The second-order valence-electron chi connectivity index (χ2n) is 8.21. The molecule has 0 saturated heterocycles. The quantitative estimate of drug-likeness (QED) is 0.292. The maximum atomic E-state index is 12.6. The first-order chi connectivity index (χ1) is 17.1. The van der Waals surface area contributed by atoms with Crippen LogP contribution in [0, 0.1) is 0 Å². The smallest absolute Gasteiger partial charge is 0.261 e. The number of fused-ring (bicyclic) bond motifs is 2. The first-order valence-electron chi connectivity index (χ1n) is 11.4. The molecule has 0 saturated carbocycles. The maximum Gasteiger partial charge on any atom is 0.261 e. The number of hydrogen-bond acceptors (Lipinski definition) is 7. The molecule has 2 heterocycles. The molecule has 0 spiro atoms. The molecular formula is C27H25N5O3. The highest BCUT2D eigenvalue weighted by atomic mass is 16.5. The maximum absolute atomic E-state index is 12.6. The molecule has 0 bridgehead atoms. The van der Waals surface area contributed by atoms with Gasteiger partial charge in [0.2, 0.25) is 5.95 Å². The number of hydrogen-bond donors (Lipinski definition) is 2. The van der Waals surface area contributed by atoms with E-state index in [2.05, 4.69) is 26.7 Å². The largest absolute Gasteiger partial charge is 0.497 e. The highest BCUT2D eigenvalue weighted by Gasteiger charge is 2.34. The molecule has 35 heavy (non-hydrogen) atoms. The highest BCUT2D eigenvalue weighted by Crippen LogP contribution is 2.33. The number of ether oxygens (including phenoxy) is 1. The summed E-state index contributed by atoms with van der Waals surface area (Å²) in [4.78, 5) is 35.3. The fourth-order valence-electron chi connectivity index (χ4n) is 4.30. The lowest BCUT2D eigenvalue weighted by molar-refractivity contribution is 0.0654. The van der Waals surface area contributed by atoms with Crippen LogP contribution >= 0.6 is 0 Å². The van der Waals surface area contributed by atoms with Crippen molar-refractivity contribution in [1.82, 2.24) is 14.9 Å². The zero-order chi connectivity index (χ0) is 24.4. The van der Waals surface area contributed by atoms with Crippen LogP contribution in [0.25, 0.3) is 22.0 Å². The van der Waals surface area contributed by atoms with Crippen LogP contribution in [0.3, 0.4) is 0 Å². The number of carbonyl (C=O) groups excluding carboxylic acids is 2. The fraction of sp³-hybridized carbons (Fsp3) is 0.185. The van der Waals surface area contributed by atoms with E-state index in [4.69, 9.17) is 4.74 Å². The number of methoxy groups -OCH3 is 1. The molecule has 2 N–H and O–H groups in total. The Hall–Kier alpha value is -4.46. The van der Waals surface area contributed by atoms with Gasteiger partial charge in [0.1, 0.15) is 5.75 Å². The zero-order valence-electron chi connectivity index (χ0n) is 19.5. The molecule has 1 aromatic heterocycles. The van der Waals surface area contributed by atoms with E-state index in [0.29, 0.717) is 36.6 Å². The van der Waals surface area contributed by atoms with Crippen LogP contribution in [0.2, 0.25) is 0 Å². The van der Waals surface area contributed by atoms with Gasteiger partial charge in [-0.05, 0) is 54.3 Å². The predicted octanol–water partition coefficient (Wildman–Crippen LogP) is 4.45. The number of rotatable bonds is 8. The van der Waals surface area contributed by atoms with E-state index in [1.807, 2.05) is 30.3 Å². The van der Waals surface area contributed by atoms with Crippen molar-refractivity contribution in [2.24, 2.45) is 0 Å². The summed E-state index contributed by atoms with van der Waals surface area (Å²) in [7, 11) is 3.43. The van der Waals surface area contributed by atoms with E-state index in [-0.39, 0.29) is 11.8 Å². The van der Waals surface area contributed by atoms with Gasteiger partial charge in [-0.2, -0.15) is 0 Å². The topological polar surface area (TPSA) is 96.5 Å². The monoisotopic (exact) mass is 467 g/mol.